The smallest absolute Gasteiger partial charge is 0.105 e. The van der Waals surface area contributed by atoms with Crippen LogP contribution in [0.4, 0.5) is 5.00 Å². The summed E-state index contributed by atoms with van der Waals surface area (Å²) in [7, 11) is 0. The summed E-state index contributed by atoms with van der Waals surface area (Å²) in [5, 5.41) is 9.72. The lowest BCUT2D eigenvalue weighted by Gasteiger charge is -2.28. The maximum Gasteiger partial charge on any atom is 0.105 e. The Balaban J connectivity index is 2.56. The molecule has 1 aliphatic heterocycles. The number of nitriles is 1. The van der Waals surface area contributed by atoms with Crippen molar-refractivity contribution in [1.82, 2.24) is 0 Å². The molecule has 5 heteroatoms. The molecule has 90 valence electrons. The molecular weight excluding hydrogens is 252 g/mol. The first kappa shape index (κ1) is 12.5. The fourth-order valence-electron chi connectivity index (χ4n) is 2.01. The van der Waals surface area contributed by atoms with E-state index in [1.165, 1.54) is 11.3 Å². The average Bonchev–Trinajstić information content (AvgIpc) is 2.28. The molecule has 1 aromatic heterocycles. The molecule has 0 bridgehead atoms. The van der Waals surface area contributed by atoms with Gasteiger partial charge in [0.1, 0.15) is 11.1 Å². The minimum atomic E-state index is 0.149. The van der Waals surface area contributed by atoms with E-state index < -0.39 is 0 Å². The van der Waals surface area contributed by atoms with Gasteiger partial charge in [-0.1, -0.05) is 26.1 Å². The standard InChI is InChI=1S/C12H14N2OS2/c1-6(2)10-3-7-8(4-13)11(14)17-12(16)9(7)5-15-10/h6,10H,3,5,14H2,1-2H3/t10-/m1/s1. The van der Waals surface area contributed by atoms with Gasteiger partial charge in [0.05, 0.1) is 22.1 Å². The first-order valence-electron chi connectivity index (χ1n) is 5.50. The number of hydrogen-bond donors (Lipinski definition) is 1. The summed E-state index contributed by atoms with van der Waals surface area (Å²) in [6, 6.07) is 2.19. The average molecular weight is 266 g/mol. The van der Waals surface area contributed by atoms with Crippen molar-refractivity contribution in [1.29, 1.82) is 5.26 Å². The molecular formula is C12H14N2OS2. The molecule has 0 saturated carbocycles. The van der Waals surface area contributed by atoms with Gasteiger partial charge < -0.3 is 10.5 Å². The van der Waals surface area contributed by atoms with Crippen molar-refractivity contribution in [3.05, 3.63) is 20.5 Å². The van der Waals surface area contributed by atoms with Crippen molar-refractivity contribution >= 4 is 28.6 Å². The van der Waals surface area contributed by atoms with Gasteiger partial charge in [-0.15, -0.1) is 11.3 Å². The van der Waals surface area contributed by atoms with E-state index in [9.17, 15) is 5.26 Å². The molecule has 0 spiro atoms. The highest BCUT2D eigenvalue weighted by atomic mass is 32.1. The fraction of sp³-hybridized carbons (Fsp3) is 0.500. The molecule has 3 nitrogen and oxygen atoms in total. The van der Waals surface area contributed by atoms with Gasteiger partial charge in [-0.05, 0) is 11.5 Å². The number of fused-ring (bicyclic) bond motifs is 1. The molecule has 0 radical (unpaired) electrons. The number of anilines is 1. The van der Waals surface area contributed by atoms with Gasteiger partial charge in [0.2, 0.25) is 0 Å². The SMILES string of the molecule is CC(C)[C@H]1Cc2c(C#N)c(N)sc(=S)c2CO1. The lowest BCUT2D eigenvalue weighted by Crippen LogP contribution is -2.28. The van der Waals surface area contributed by atoms with Gasteiger partial charge in [-0.25, -0.2) is 0 Å². The summed E-state index contributed by atoms with van der Waals surface area (Å²) >= 11 is 6.59. The summed E-state index contributed by atoms with van der Waals surface area (Å²) in [5.41, 5.74) is 8.43. The molecule has 2 rings (SSSR count). The van der Waals surface area contributed by atoms with Crippen LogP contribution in [-0.2, 0) is 17.8 Å². The summed E-state index contributed by atoms with van der Waals surface area (Å²) in [6.07, 6.45) is 0.882. The largest absolute Gasteiger partial charge is 0.389 e. The second kappa shape index (κ2) is 4.73. The van der Waals surface area contributed by atoms with Crippen LogP contribution in [0.25, 0.3) is 0 Å². The predicted octanol–water partition coefficient (Wildman–Crippen LogP) is 3.03. The van der Waals surface area contributed by atoms with Gasteiger partial charge in [-0.3, -0.25) is 0 Å². The molecule has 17 heavy (non-hydrogen) atoms. The third kappa shape index (κ3) is 2.21. The minimum absolute atomic E-state index is 0.149. The molecule has 0 amide bonds. The number of nitrogens with two attached hydrogens (primary N) is 1. The van der Waals surface area contributed by atoms with E-state index in [2.05, 4.69) is 19.9 Å². The quantitative estimate of drug-likeness (QED) is 0.794. The van der Waals surface area contributed by atoms with Crippen LogP contribution in [-0.4, -0.2) is 6.10 Å². The number of rotatable bonds is 1. The van der Waals surface area contributed by atoms with Crippen LogP contribution in [0, 0.1) is 21.1 Å². The van der Waals surface area contributed by atoms with Crippen molar-refractivity contribution < 1.29 is 4.74 Å². The Bertz CT molecular complexity index is 543. The fourth-order valence-corrected chi connectivity index (χ4v) is 3.24. The van der Waals surface area contributed by atoms with Crippen LogP contribution < -0.4 is 5.73 Å². The number of nitrogens with zero attached hydrogens (tertiary/aromatic N) is 1. The Morgan fingerprint density at radius 2 is 2.24 bits per heavy atom. The Kier molecular flexibility index (Phi) is 3.48. The van der Waals surface area contributed by atoms with E-state index >= 15 is 0 Å². The zero-order chi connectivity index (χ0) is 12.6. The topological polar surface area (TPSA) is 59.0 Å². The summed E-state index contributed by atoms with van der Waals surface area (Å²) in [4.78, 5) is 0. The number of nitrogen functional groups attached to an aromatic ring is 1. The highest BCUT2D eigenvalue weighted by Gasteiger charge is 2.26. The van der Waals surface area contributed by atoms with Crippen LogP contribution in [0.5, 0.6) is 0 Å². The molecule has 2 heterocycles. The van der Waals surface area contributed by atoms with Gasteiger partial charge in [0.25, 0.3) is 0 Å². The third-order valence-electron chi connectivity index (χ3n) is 3.06. The lowest BCUT2D eigenvalue weighted by atomic mass is 9.92. The molecule has 1 atom stereocenters. The van der Waals surface area contributed by atoms with Crippen LogP contribution in [0.2, 0.25) is 0 Å². The predicted molar refractivity (Wildman–Crippen MR) is 71.4 cm³/mol. The van der Waals surface area contributed by atoms with Gasteiger partial charge in [-0.2, -0.15) is 5.26 Å². The molecule has 0 unspecified atom stereocenters. The van der Waals surface area contributed by atoms with E-state index in [1.807, 2.05) is 0 Å². The van der Waals surface area contributed by atoms with E-state index in [-0.39, 0.29) is 6.10 Å². The summed E-state index contributed by atoms with van der Waals surface area (Å²) in [5.74, 6) is 0.424. The van der Waals surface area contributed by atoms with Crippen LogP contribution in [0.1, 0.15) is 30.5 Å². The molecule has 2 N–H and O–H groups in total. The van der Waals surface area contributed by atoms with Crippen molar-refractivity contribution in [3.8, 4) is 6.07 Å². The number of ether oxygens (including phenoxy) is 1. The number of hydrogen-bond acceptors (Lipinski definition) is 5. The van der Waals surface area contributed by atoms with Gasteiger partial charge in [0, 0.05) is 12.0 Å². The molecule has 0 aromatic carbocycles. The first-order valence-corrected chi connectivity index (χ1v) is 6.73. The Morgan fingerprint density at radius 3 is 2.82 bits per heavy atom. The van der Waals surface area contributed by atoms with Crippen molar-refractivity contribution in [2.24, 2.45) is 5.92 Å². The zero-order valence-corrected chi connectivity index (χ0v) is 11.5. The zero-order valence-electron chi connectivity index (χ0n) is 9.82. The highest BCUT2D eigenvalue weighted by molar-refractivity contribution is 7.73. The third-order valence-corrected chi connectivity index (χ3v) is 4.42. The molecule has 0 saturated heterocycles. The second-order valence-electron chi connectivity index (χ2n) is 4.50. The van der Waals surface area contributed by atoms with Crippen LogP contribution >= 0.6 is 23.6 Å². The van der Waals surface area contributed by atoms with Crippen LogP contribution in [0.3, 0.4) is 0 Å². The van der Waals surface area contributed by atoms with E-state index in [1.54, 1.807) is 0 Å². The molecule has 0 fully saturated rings. The van der Waals surface area contributed by atoms with Crippen LogP contribution in [0.15, 0.2) is 0 Å². The Morgan fingerprint density at radius 1 is 1.53 bits per heavy atom. The second-order valence-corrected chi connectivity index (χ2v) is 6.21. The minimum Gasteiger partial charge on any atom is -0.389 e. The van der Waals surface area contributed by atoms with Crippen molar-refractivity contribution in [3.63, 3.8) is 0 Å². The maximum atomic E-state index is 9.19. The van der Waals surface area contributed by atoms with E-state index in [0.29, 0.717) is 23.1 Å². The van der Waals surface area contributed by atoms with Crippen molar-refractivity contribution in [2.45, 2.75) is 33.0 Å². The highest BCUT2D eigenvalue weighted by Crippen LogP contribution is 2.33. The molecule has 0 aliphatic carbocycles. The van der Waals surface area contributed by atoms with Crippen molar-refractivity contribution in [2.75, 3.05) is 5.73 Å². The van der Waals surface area contributed by atoms with Gasteiger partial charge in [0.15, 0.2) is 0 Å². The molecule has 1 aromatic rings. The normalized spacial score (nSPS) is 18.8. The van der Waals surface area contributed by atoms with E-state index in [4.69, 9.17) is 22.7 Å². The Hall–Kier alpha value is -0.960. The summed E-state index contributed by atoms with van der Waals surface area (Å²) < 4.78 is 6.52. The first-order chi connectivity index (χ1) is 8.04. The van der Waals surface area contributed by atoms with Gasteiger partial charge >= 0.3 is 0 Å². The maximum absolute atomic E-state index is 9.19. The monoisotopic (exact) mass is 266 g/mol. The summed E-state index contributed by atoms with van der Waals surface area (Å²) in [6.45, 7) is 4.74. The Labute approximate surface area is 110 Å². The lowest BCUT2D eigenvalue weighted by molar-refractivity contribution is -0.000360. The van der Waals surface area contributed by atoms with E-state index in [0.717, 1.165) is 21.4 Å². The molecule has 1 aliphatic rings.